The van der Waals surface area contributed by atoms with Crippen LogP contribution in [0.4, 0.5) is 0 Å². The topological polar surface area (TPSA) is 44.5 Å². The second-order valence-electron chi connectivity index (χ2n) is 5.40. The summed E-state index contributed by atoms with van der Waals surface area (Å²) in [5.41, 5.74) is 7.01. The van der Waals surface area contributed by atoms with Crippen LogP contribution in [0, 0.1) is 0 Å². The highest BCUT2D eigenvalue weighted by atomic mass is 16.5. The third-order valence-electron chi connectivity index (χ3n) is 2.80. The lowest BCUT2D eigenvalue weighted by atomic mass is 9.87. The molecule has 1 aromatic carbocycles. The van der Waals surface area contributed by atoms with Crippen molar-refractivity contribution in [2.24, 2.45) is 5.73 Å². The van der Waals surface area contributed by atoms with E-state index in [4.69, 9.17) is 15.2 Å². The van der Waals surface area contributed by atoms with Crippen LogP contribution >= 0.6 is 0 Å². The summed E-state index contributed by atoms with van der Waals surface area (Å²) < 4.78 is 11.2. The molecular formula is C15H25NO2. The van der Waals surface area contributed by atoms with E-state index in [1.54, 1.807) is 0 Å². The predicted octanol–water partition coefficient (Wildman–Crippen LogP) is 2.73. The minimum atomic E-state index is -0.0340. The summed E-state index contributed by atoms with van der Waals surface area (Å²) in [7, 11) is 0. The van der Waals surface area contributed by atoms with Crippen LogP contribution in [0.25, 0.3) is 0 Å². The summed E-state index contributed by atoms with van der Waals surface area (Å²) in [5.74, 6) is 0.876. The summed E-state index contributed by atoms with van der Waals surface area (Å²) in [6, 6.07) is 8.19. The molecule has 1 atom stereocenters. The van der Waals surface area contributed by atoms with E-state index in [-0.39, 0.29) is 11.5 Å². The zero-order valence-corrected chi connectivity index (χ0v) is 11.9. The molecule has 0 radical (unpaired) electrons. The van der Waals surface area contributed by atoms with E-state index in [2.05, 4.69) is 32.9 Å². The van der Waals surface area contributed by atoms with E-state index in [1.807, 2.05) is 19.1 Å². The zero-order valence-electron chi connectivity index (χ0n) is 11.9. The quantitative estimate of drug-likeness (QED) is 0.845. The fourth-order valence-electron chi connectivity index (χ4n) is 1.66. The average molecular weight is 251 g/mol. The first-order valence-corrected chi connectivity index (χ1v) is 6.52. The summed E-state index contributed by atoms with van der Waals surface area (Å²) in [5, 5.41) is 0. The SMILES string of the molecule is CCO[C@H](CN)COc1cccc(C(C)(C)C)c1. The molecule has 0 unspecified atom stereocenters. The number of hydrogen-bond acceptors (Lipinski definition) is 3. The molecule has 0 aliphatic rings. The molecule has 3 nitrogen and oxygen atoms in total. The second kappa shape index (κ2) is 6.76. The number of ether oxygens (including phenoxy) is 2. The van der Waals surface area contributed by atoms with E-state index in [1.165, 1.54) is 5.56 Å². The van der Waals surface area contributed by atoms with Crippen molar-refractivity contribution in [3.8, 4) is 5.75 Å². The van der Waals surface area contributed by atoms with Crippen LogP contribution in [0.5, 0.6) is 5.75 Å². The first-order chi connectivity index (χ1) is 8.47. The Hall–Kier alpha value is -1.06. The van der Waals surface area contributed by atoms with Crippen molar-refractivity contribution in [2.75, 3.05) is 19.8 Å². The summed E-state index contributed by atoms with van der Waals surface area (Å²) >= 11 is 0. The predicted molar refractivity (Wildman–Crippen MR) is 75.1 cm³/mol. The van der Waals surface area contributed by atoms with Gasteiger partial charge in [0.15, 0.2) is 0 Å². The highest BCUT2D eigenvalue weighted by Crippen LogP contribution is 2.25. The first kappa shape index (κ1) is 15.0. The Morgan fingerprint density at radius 3 is 2.56 bits per heavy atom. The van der Waals surface area contributed by atoms with Gasteiger partial charge in [-0.3, -0.25) is 0 Å². The lowest BCUT2D eigenvalue weighted by Crippen LogP contribution is -2.30. The molecule has 0 amide bonds. The van der Waals surface area contributed by atoms with Crippen LogP contribution in [0.1, 0.15) is 33.3 Å². The van der Waals surface area contributed by atoms with Crippen LogP contribution in [0.2, 0.25) is 0 Å². The van der Waals surface area contributed by atoms with Gasteiger partial charge in [0.05, 0.1) is 0 Å². The van der Waals surface area contributed by atoms with Crippen LogP contribution in [-0.2, 0) is 10.2 Å². The average Bonchev–Trinajstić information content (AvgIpc) is 2.34. The van der Waals surface area contributed by atoms with Gasteiger partial charge in [0.2, 0.25) is 0 Å². The molecule has 0 aliphatic heterocycles. The maximum Gasteiger partial charge on any atom is 0.119 e. The molecule has 102 valence electrons. The molecule has 0 saturated carbocycles. The van der Waals surface area contributed by atoms with Crippen molar-refractivity contribution in [3.63, 3.8) is 0 Å². The van der Waals surface area contributed by atoms with Gasteiger partial charge in [-0.15, -0.1) is 0 Å². The van der Waals surface area contributed by atoms with Gasteiger partial charge < -0.3 is 15.2 Å². The monoisotopic (exact) mass is 251 g/mol. The highest BCUT2D eigenvalue weighted by molar-refractivity contribution is 5.32. The largest absolute Gasteiger partial charge is 0.491 e. The van der Waals surface area contributed by atoms with E-state index in [0.717, 1.165) is 5.75 Å². The van der Waals surface area contributed by atoms with E-state index < -0.39 is 0 Å². The van der Waals surface area contributed by atoms with Crippen molar-refractivity contribution >= 4 is 0 Å². The lowest BCUT2D eigenvalue weighted by molar-refractivity contribution is 0.0336. The van der Waals surface area contributed by atoms with Crippen LogP contribution in [0.3, 0.4) is 0 Å². The number of hydrogen-bond donors (Lipinski definition) is 1. The molecule has 1 aromatic rings. The smallest absolute Gasteiger partial charge is 0.119 e. The van der Waals surface area contributed by atoms with Gasteiger partial charge in [-0.2, -0.15) is 0 Å². The molecule has 0 bridgehead atoms. The Kier molecular flexibility index (Phi) is 5.63. The fraction of sp³-hybridized carbons (Fsp3) is 0.600. The van der Waals surface area contributed by atoms with E-state index >= 15 is 0 Å². The van der Waals surface area contributed by atoms with Crippen molar-refractivity contribution in [2.45, 2.75) is 39.2 Å². The number of rotatable bonds is 6. The Morgan fingerprint density at radius 1 is 1.28 bits per heavy atom. The number of benzene rings is 1. The standard InChI is InChI=1S/C15H25NO2/c1-5-17-14(10-16)11-18-13-8-6-7-12(9-13)15(2,3)4/h6-9,14H,5,10-11,16H2,1-4H3/t14-/m1/s1. The minimum absolute atomic E-state index is 0.0340. The molecule has 0 saturated heterocycles. The molecule has 0 aromatic heterocycles. The maximum absolute atomic E-state index is 5.74. The van der Waals surface area contributed by atoms with Gasteiger partial charge in [-0.1, -0.05) is 32.9 Å². The van der Waals surface area contributed by atoms with Crippen molar-refractivity contribution < 1.29 is 9.47 Å². The summed E-state index contributed by atoms with van der Waals surface area (Å²) in [4.78, 5) is 0. The second-order valence-corrected chi connectivity index (χ2v) is 5.40. The molecule has 0 fully saturated rings. The Bertz CT molecular complexity index is 358. The molecule has 0 heterocycles. The van der Waals surface area contributed by atoms with Crippen molar-refractivity contribution in [3.05, 3.63) is 29.8 Å². The molecule has 1 rings (SSSR count). The molecule has 0 aliphatic carbocycles. The minimum Gasteiger partial charge on any atom is -0.491 e. The molecule has 2 N–H and O–H groups in total. The Balaban J connectivity index is 2.62. The van der Waals surface area contributed by atoms with Gasteiger partial charge in [-0.25, -0.2) is 0 Å². The Morgan fingerprint density at radius 2 is 2.00 bits per heavy atom. The third-order valence-corrected chi connectivity index (χ3v) is 2.80. The van der Waals surface area contributed by atoms with E-state index in [9.17, 15) is 0 Å². The lowest BCUT2D eigenvalue weighted by Gasteiger charge is -2.21. The zero-order chi connectivity index (χ0) is 13.6. The van der Waals surface area contributed by atoms with Crippen molar-refractivity contribution in [1.29, 1.82) is 0 Å². The number of nitrogens with two attached hydrogens (primary N) is 1. The molecular weight excluding hydrogens is 226 g/mol. The third kappa shape index (κ3) is 4.67. The summed E-state index contributed by atoms with van der Waals surface area (Å²) in [6.45, 7) is 10.2. The first-order valence-electron chi connectivity index (χ1n) is 6.52. The fourth-order valence-corrected chi connectivity index (χ4v) is 1.66. The maximum atomic E-state index is 5.74. The van der Waals surface area contributed by atoms with E-state index in [0.29, 0.717) is 19.8 Å². The molecule has 18 heavy (non-hydrogen) atoms. The van der Waals surface area contributed by atoms with Gasteiger partial charge in [-0.05, 0) is 30.0 Å². The van der Waals surface area contributed by atoms with Gasteiger partial charge >= 0.3 is 0 Å². The summed E-state index contributed by atoms with van der Waals surface area (Å²) in [6.07, 6.45) is -0.0340. The molecule has 3 heteroatoms. The van der Waals surface area contributed by atoms with Crippen LogP contribution in [-0.4, -0.2) is 25.9 Å². The van der Waals surface area contributed by atoms with Crippen LogP contribution < -0.4 is 10.5 Å². The van der Waals surface area contributed by atoms with Gasteiger partial charge in [0, 0.05) is 13.2 Å². The molecule has 0 spiro atoms. The Labute approximate surface area is 110 Å². The normalized spacial score (nSPS) is 13.4. The van der Waals surface area contributed by atoms with Gasteiger partial charge in [0.1, 0.15) is 18.5 Å². The highest BCUT2D eigenvalue weighted by Gasteiger charge is 2.14. The van der Waals surface area contributed by atoms with Gasteiger partial charge in [0.25, 0.3) is 0 Å². The van der Waals surface area contributed by atoms with Crippen LogP contribution in [0.15, 0.2) is 24.3 Å². The van der Waals surface area contributed by atoms with Crippen molar-refractivity contribution in [1.82, 2.24) is 0 Å².